The lowest BCUT2D eigenvalue weighted by Crippen LogP contribution is -2.53. The van der Waals surface area contributed by atoms with Gasteiger partial charge < -0.3 is 15.5 Å². The van der Waals surface area contributed by atoms with Crippen molar-refractivity contribution in [2.75, 3.05) is 33.2 Å². The Morgan fingerprint density at radius 3 is 2.44 bits per heavy atom. The van der Waals surface area contributed by atoms with E-state index in [4.69, 9.17) is 0 Å². The number of amides is 2. The predicted octanol–water partition coefficient (Wildman–Crippen LogP) is 1.99. The number of nitrogens with zero attached hydrogens (tertiary/aromatic N) is 2. The molecule has 0 aromatic carbocycles. The van der Waals surface area contributed by atoms with E-state index in [0.717, 1.165) is 51.9 Å². The Morgan fingerprint density at radius 1 is 1.11 bits per heavy atom. The number of rotatable bonds is 5. The number of carbonyl (C=O) groups excluding carboxylic acids is 2. The molecular formula is C20H32N4O2S. The third-order valence-corrected chi connectivity index (χ3v) is 6.69. The van der Waals surface area contributed by atoms with Crippen LogP contribution >= 0.6 is 11.3 Å². The molecule has 7 heteroatoms. The molecule has 1 aliphatic carbocycles. The highest BCUT2D eigenvalue weighted by Gasteiger charge is 2.31. The molecule has 3 rings (SSSR count). The molecule has 1 aliphatic heterocycles. The normalized spacial score (nSPS) is 22.1. The van der Waals surface area contributed by atoms with Crippen LogP contribution in [0.5, 0.6) is 0 Å². The van der Waals surface area contributed by atoms with Gasteiger partial charge in [-0.25, -0.2) is 0 Å². The lowest BCUT2D eigenvalue weighted by molar-refractivity contribution is -0.140. The highest BCUT2D eigenvalue weighted by Crippen LogP contribution is 2.29. The SMILES string of the molecule is C[C@H](NC(=O)C(=O)NC1CCCCC1)[C@@H](c1cccs1)N1CCN(C)CC1. The van der Waals surface area contributed by atoms with E-state index in [1.165, 1.54) is 11.3 Å². The van der Waals surface area contributed by atoms with E-state index in [-0.39, 0.29) is 18.1 Å². The van der Waals surface area contributed by atoms with E-state index >= 15 is 0 Å². The first-order valence-electron chi connectivity index (χ1n) is 10.1. The van der Waals surface area contributed by atoms with Crippen LogP contribution in [0.1, 0.15) is 49.9 Å². The molecule has 2 aliphatic rings. The van der Waals surface area contributed by atoms with E-state index in [1.807, 2.05) is 13.0 Å². The molecule has 2 amide bonds. The first-order valence-corrected chi connectivity index (χ1v) is 11.0. The molecule has 0 spiro atoms. The van der Waals surface area contributed by atoms with Gasteiger partial charge in [-0.3, -0.25) is 14.5 Å². The second-order valence-electron chi connectivity index (χ2n) is 7.87. The third kappa shape index (κ3) is 5.53. The molecule has 6 nitrogen and oxygen atoms in total. The fraction of sp³-hybridized carbons (Fsp3) is 0.700. The van der Waals surface area contributed by atoms with Gasteiger partial charge in [0.25, 0.3) is 0 Å². The highest BCUT2D eigenvalue weighted by atomic mass is 32.1. The van der Waals surface area contributed by atoms with Crippen molar-refractivity contribution in [3.8, 4) is 0 Å². The lowest BCUT2D eigenvalue weighted by Gasteiger charge is -2.40. The summed E-state index contributed by atoms with van der Waals surface area (Å²) in [5.74, 6) is -0.999. The zero-order valence-electron chi connectivity index (χ0n) is 16.4. The summed E-state index contributed by atoms with van der Waals surface area (Å²) in [6, 6.07) is 4.30. The number of piperazine rings is 1. The second-order valence-corrected chi connectivity index (χ2v) is 8.85. The number of hydrogen-bond donors (Lipinski definition) is 2. The summed E-state index contributed by atoms with van der Waals surface area (Å²) in [5.41, 5.74) is 0. The Balaban J connectivity index is 1.60. The number of thiophene rings is 1. The maximum absolute atomic E-state index is 12.5. The van der Waals surface area contributed by atoms with E-state index in [2.05, 4.69) is 38.9 Å². The average Bonchev–Trinajstić information content (AvgIpc) is 3.18. The maximum atomic E-state index is 12.5. The molecule has 0 unspecified atom stereocenters. The van der Waals surface area contributed by atoms with Crippen LogP contribution in [0.25, 0.3) is 0 Å². The van der Waals surface area contributed by atoms with Gasteiger partial charge in [0.1, 0.15) is 0 Å². The molecule has 2 atom stereocenters. The summed E-state index contributed by atoms with van der Waals surface area (Å²) >= 11 is 1.71. The Labute approximate surface area is 166 Å². The summed E-state index contributed by atoms with van der Waals surface area (Å²) in [6.07, 6.45) is 5.45. The molecule has 27 heavy (non-hydrogen) atoms. The van der Waals surface area contributed by atoms with Crippen molar-refractivity contribution in [1.29, 1.82) is 0 Å². The smallest absolute Gasteiger partial charge is 0.309 e. The van der Waals surface area contributed by atoms with Crippen LogP contribution in [0.4, 0.5) is 0 Å². The molecule has 2 fully saturated rings. The fourth-order valence-corrected chi connectivity index (χ4v) is 5.12. The molecule has 2 N–H and O–H groups in total. The van der Waals surface area contributed by atoms with Gasteiger partial charge >= 0.3 is 11.8 Å². The first-order chi connectivity index (χ1) is 13.0. The maximum Gasteiger partial charge on any atom is 0.309 e. The molecule has 1 saturated heterocycles. The van der Waals surface area contributed by atoms with Gasteiger partial charge in [0.2, 0.25) is 0 Å². The van der Waals surface area contributed by atoms with Crippen molar-refractivity contribution in [1.82, 2.24) is 20.4 Å². The number of likely N-dealkylation sites (N-methyl/N-ethyl adjacent to an activating group) is 1. The minimum absolute atomic E-state index is 0.102. The standard InChI is InChI=1S/C20H32N4O2S/c1-15(21-19(25)20(26)22-16-7-4-3-5-8-16)18(17-9-6-14-27-17)24-12-10-23(2)11-13-24/h6,9,14-16,18H,3-5,7-8,10-13H2,1-2H3,(H,21,25)(H,22,26)/t15-,18-/m0/s1. The van der Waals surface area contributed by atoms with Crippen molar-refractivity contribution in [2.24, 2.45) is 0 Å². The van der Waals surface area contributed by atoms with Crippen molar-refractivity contribution in [2.45, 2.75) is 57.2 Å². The minimum atomic E-state index is -0.510. The quantitative estimate of drug-likeness (QED) is 0.752. The van der Waals surface area contributed by atoms with Crippen molar-refractivity contribution in [3.63, 3.8) is 0 Å². The number of nitrogens with one attached hydrogen (secondary N) is 2. The molecule has 150 valence electrons. The summed E-state index contributed by atoms with van der Waals surface area (Å²) in [4.78, 5) is 30.8. The van der Waals surface area contributed by atoms with Gasteiger partial charge in [0, 0.05) is 43.1 Å². The van der Waals surface area contributed by atoms with Gasteiger partial charge in [0.15, 0.2) is 0 Å². The van der Waals surface area contributed by atoms with Gasteiger partial charge in [-0.05, 0) is 38.3 Å². The largest absolute Gasteiger partial charge is 0.345 e. The van der Waals surface area contributed by atoms with E-state index < -0.39 is 11.8 Å². The first kappa shape index (κ1) is 20.3. The monoisotopic (exact) mass is 392 g/mol. The van der Waals surface area contributed by atoms with Crippen LogP contribution in [0.15, 0.2) is 17.5 Å². The second kappa shape index (κ2) is 9.66. The summed E-state index contributed by atoms with van der Waals surface area (Å²) < 4.78 is 0. The van der Waals surface area contributed by atoms with Crippen LogP contribution < -0.4 is 10.6 Å². The van der Waals surface area contributed by atoms with Gasteiger partial charge in [-0.1, -0.05) is 25.3 Å². The molecular weight excluding hydrogens is 360 g/mol. The fourth-order valence-electron chi connectivity index (χ4n) is 4.15. The molecule has 1 aromatic rings. The summed E-state index contributed by atoms with van der Waals surface area (Å²) in [5, 5.41) is 7.95. The van der Waals surface area contributed by atoms with Crippen molar-refractivity contribution >= 4 is 23.2 Å². The van der Waals surface area contributed by atoms with E-state index in [1.54, 1.807) is 11.3 Å². The van der Waals surface area contributed by atoms with Crippen LogP contribution in [-0.2, 0) is 9.59 Å². The highest BCUT2D eigenvalue weighted by molar-refractivity contribution is 7.10. The van der Waals surface area contributed by atoms with Gasteiger partial charge in [-0.15, -0.1) is 11.3 Å². The van der Waals surface area contributed by atoms with Gasteiger partial charge in [0.05, 0.1) is 6.04 Å². The van der Waals surface area contributed by atoms with Crippen LogP contribution in [0, 0.1) is 0 Å². The third-order valence-electron chi connectivity index (χ3n) is 5.74. The number of hydrogen-bond acceptors (Lipinski definition) is 5. The lowest BCUT2D eigenvalue weighted by atomic mass is 9.95. The van der Waals surface area contributed by atoms with Crippen molar-refractivity contribution in [3.05, 3.63) is 22.4 Å². The summed E-state index contributed by atoms with van der Waals surface area (Å²) in [6.45, 7) is 5.98. The Hall–Kier alpha value is -1.44. The average molecular weight is 393 g/mol. The topological polar surface area (TPSA) is 64.7 Å². The van der Waals surface area contributed by atoms with Crippen LogP contribution in [0.2, 0.25) is 0 Å². The van der Waals surface area contributed by atoms with Crippen LogP contribution in [-0.4, -0.2) is 66.9 Å². The van der Waals surface area contributed by atoms with Gasteiger partial charge in [-0.2, -0.15) is 0 Å². The summed E-state index contributed by atoms with van der Waals surface area (Å²) in [7, 11) is 2.14. The molecule has 0 bridgehead atoms. The Morgan fingerprint density at radius 2 is 1.81 bits per heavy atom. The molecule has 2 heterocycles. The zero-order chi connectivity index (χ0) is 19.2. The van der Waals surface area contributed by atoms with E-state index in [0.29, 0.717) is 0 Å². The van der Waals surface area contributed by atoms with Crippen LogP contribution in [0.3, 0.4) is 0 Å². The molecule has 1 saturated carbocycles. The minimum Gasteiger partial charge on any atom is -0.345 e. The number of carbonyl (C=O) groups is 2. The molecule has 1 aromatic heterocycles. The predicted molar refractivity (Wildman–Crippen MR) is 109 cm³/mol. The zero-order valence-corrected chi connectivity index (χ0v) is 17.3. The Bertz CT molecular complexity index is 608. The molecule has 0 radical (unpaired) electrons. The van der Waals surface area contributed by atoms with E-state index in [9.17, 15) is 9.59 Å². The van der Waals surface area contributed by atoms with Crippen molar-refractivity contribution < 1.29 is 9.59 Å². The Kier molecular flexibility index (Phi) is 7.26.